The molecule has 10 aromatic rings. The van der Waals surface area contributed by atoms with Crippen LogP contribution in [0.2, 0.25) is 0 Å². The van der Waals surface area contributed by atoms with E-state index in [1.165, 1.54) is 11.1 Å². The summed E-state index contributed by atoms with van der Waals surface area (Å²) in [6.07, 6.45) is 0. The summed E-state index contributed by atoms with van der Waals surface area (Å²) in [5.41, 5.74) is 11.9. The van der Waals surface area contributed by atoms with Gasteiger partial charge in [0.05, 0.1) is 5.69 Å². The van der Waals surface area contributed by atoms with E-state index in [0.717, 1.165) is 78.0 Å². The van der Waals surface area contributed by atoms with Crippen LogP contribution in [0.3, 0.4) is 0 Å². The van der Waals surface area contributed by atoms with Gasteiger partial charge in [-0.05, 0) is 83.9 Å². The molecule has 246 valence electrons. The lowest BCUT2D eigenvalue weighted by Crippen LogP contribution is -2.10. The zero-order valence-corrected chi connectivity index (χ0v) is 28.2. The fourth-order valence-corrected chi connectivity index (χ4v) is 7.40. The van der Waals surface area contributed by atoms with Gasteiger partial charge in [0.25, 0.3) is 0 Å². The van der Waals surface area contributed by atoms with Gasteiger partial charge >= 0.3 is 0 Å². The SMILES string of the molecule is c1ccc(-c2ccc(N(c3ccccc3)c3cccc4c3oc3cc(N(c5ccccc5)c5ccc6c(c5)oc5ccccc56)ccc34)cc2)cc1. The minimum atomic E-state index is 0.818. The van der Waals surface area contributed by atoms with Gasteiger partial charge in [-0.1, -0.05) is 109 Å². The number of benzene rings is 8. The monoisotopic (exact) mass is 668 g/mol. The average molecular weight is 669 g/mol. The highest BCUT2D eigenvalue weighted by atomic mass is 16.3. The highest BCUT2D eigenvalue weighted by Gasteiger charge is 2.21. The molecule has 4 nitrogen and oxygen atoms in total. The summed E-state index contributed by atoms with van der Waals surface area (Å²) < 4.78 is 13.2. The second-order valence-electron chi connectivity index (χ2n) is 13.0. The molecule has 0 fully saturated rings. The summed E-state index contributed by atoms with van der Waals surface area (Å²) in [5, 5.41) is 4.35. The van der Waals surface area contributed by atoms with Gasteiger partial charge in [0.1, 0.15) is 16.7 Å². The smallest absolute Gasteiger partial charge is 0.159 e. The van der Waals surface area contributed by atoms with E-state index < -0.39 is 0 Å². The molecule has 0 amide bonds. The van der Waals surface area contributed by atoms with Crippen molar-refractivity contribution in [2.45, 2.75) is 0 Å². The molecular formula is C48H32N2O2. The topological polar surface area (TPSA) is 32.8 Å². The van der Waals surface area contributed by atoms with Crippen molar-refractivity contribution in [3.05, 3.63) is 194 Å². The standard InChI is InChI=1S/C48H32N2O2/c1-4-13-33(14-5-1)34-23-25-37(26-24-34)50(36-17-8-3-9-18-36)44-21-12-20-43-42-30-28-39(32-47(42)52-48(43)44)49(35-15-6-2-7-16-35)38-27-29-41-40-19-10-11-22-45(40)51-46(41)31-38/h1-32H. The third kappa shape index (κ3) is 5.09. The van der Waals surface area contributed by atoms with Crippen molar-refractivity contribution < 1.29 is 8.83 Å². The molecular weight excluding hydrogens is 637 g/mol. The average Bonchev–Trinajstić information content (AvgIpc) is 3.78. The maximum absolute atomic E-state index is 6.89. The van der Waals surface area contributed by atoms with E-state index in [0.29, 0.717) is 0 Å². The highest BCUT2D eigenvalue weighted by Crippen LogP contribution is 2.45. The number of hydrogen-bond donors (Lipinski definition) is 0. The van der Waals surface area contributed by atoms with Crippen molar-refractivity contribution in [2.24, 2.45) is 0 Å². The second-order valence-corrected chi connectivity index (χ2v) is 13.0. The molecule has 8 aromatic carbocycles. The molecule has 0 saturated carbocycles. The lowest BCUT2D eigenvalue weighted by atomic mass is 10.0. The van der Waals surface area contributed by atoms with E-state index in [1.54, 1.807) is 0 Å². The van der Waals surface area contributed by atoms with Gasteiger partial charge in [0.2, 0.25) is 0 Å². The quantitative estimate of drug-likeness (QED) is 0.169. The van der Waals surface area contributed by atoms with Crippen molar-refractivity contribution in [3.8, 4) is 11.1 Å². The van der Waals surface area contributed by atoms with Crippen LogP contribution in [0.1, 0.15) is 0 Å². The molecule has 0 radical (unpaired) electrons. The lowest BCUT2D eigenvalue weighted by Gasteiger charge is -2.25. The first kappa shape index (κ1) is 29.8. The lowest BCUT2D eigenvalue weighted by molar-refractivity contribution is 0.669. The summed E-state index contributed by atoms with van der Waals surface area (Å²) >= 11 is 0. The van der Waals surface area contributed by atoms with Crippen molar-refractivity contribution in [3.63, 3.8) is 0 Å². The Bertz CT molecular complexity index is 2840. The Kier molecular flexibility index (Phi) is 7.10. The Balaban J connectivity index is 1.11. The largest absolute Gasteiger partial charge is 0.456 e. The van der Waals surface area contributed by atoms with Crippen LogP contribution in [0, 0.1) is 0 Å². The van der Waals surface area contributed by atoms with Crippen LogP contribution in [0.15, 0.2) is 203 Å². The molecule has 0 aliphatic carbocycles. The van der Waals surface area contributed by atoms with Crippen molar-refractivity contribution in [1.29, 1.82) is 0 Å². The fourth-order valence-electron chi connectivity index (χ4n) is 7.40. The molecule has 52 heavy (non-hydrogen) atoms. The Morgan fingerprint density at radius 2 is 0.769 bits per heavy atom. The zero-order chi connectivity index (χ0) is 34.4. The first-order valence-corrected chi connectivity index (χ1v) is 17.5. The van der Waals surface area contributed by atoms with E-state index in [1.807, 2.05) is 30.3 Å². The molecule has 4 heteroatoms. The summed E-state index contributed by atoms with van der Waals surface area (Å²) in [5.74, 6) is 0. The molecule has 0 aliphatic rings. The number of para-hydroxylation sites is 4. The molecule has 2 heterocycles. The minimum absolute atomic E-state index is 0.818. The third-order valence-corrected chi connectivity index (χ3v) is 9.84. The van der Waals surface area contributed by atoms with E-state index in [2.05, 4.69) is 174 Å². The molecule has 10 rings (SSSR count). The van der Waals surface area contributed by atoms with Crippen LogP contribution in [0.4, 0.5) is 34.1 Å². The first-order valence-electron chi connectivity index (χ1n) is 17.5. The van der Waals surface area contributed by atoms with Crippen LogP contribution in [0.25, 0.3) is 55.0 Å². The molecule has 2 aromatic heterocycles. The van der Waals surface area contributed by atoms with Gasteiger partial charge in [-0.15, -0.1) is 0 Å². The zero-order valence-electron chi connectivity index (χ0n) is 28.2. The Morgan fingerprint density at radius 1 is 0.288 bits per heavy atom. The van der Waals surface area contributed by atoms with E-state index in [4.69, 9.17) is 8.83 Å². The van der Waals surface area contributed by atoms with Crippen LogP contribution in [-0.2, 0) is 0 Å². The third-order valence-electron chi connectivity index (χ3n) is 9.84. The molecule has 0 spiro atoms. The van der Waals surface area contributed by atoms with Crippen LogP contribution >= 0.6 is 0 Å². The Morgan fingerprint density at radius 3 is 1.46 bits per heavy atom. The number of rotatable bonds is 7. The molecule has 0 N–H and O–H groups in total. The molecule has 0 unspecified atom stereocenters. The number of anilines is 6. The van der Waals surface area contributed by atoms with Crippen molar-refractivity contribution >= 4 is 78.0 Å². The highest BCUT2D eigenvalue weighted by molar-refractivity contribution is 6.11. The predicted molar refractivity (Wildman–Crippen MR) is 216 cm³/mol. The van der Waals surface area contributed by atoms with Gasteiger partial charge in [0, 0.05) is 62.1 Å². The fraction of sp³-hybridized carbons (Fsp3) is 0. The van der Waals surface area contributed by atoms with Gasteiger partial charge in [-0.25, -0.2) is 0 Å². The van der Waals surface area contributed by atoms with Crippen LogP contribution in [-0.4, -0.2) is 0 Å². The molecule has 0 atom stereocenters. The van der Waals surface area contributed by atoms with Crippen LogP contribution < -0.4 is 9.80 Å². The minimum Gasteiger partial charge on any atom is -0.456 e. The summed E-state index contributed by atoms with van der Waals surface area (Å²) in [6.45, 7) is 0. The van der Waals surface area contributed by atoms with Crippen molar-refractivity contribution in [2.75, 3.05) is 9.80 Å². The molecule has 0 aliphatic heterocycles. The van der Waals surface area contributed by atoms with Gasteiger partial charge < -0.3 is 18.6 Å². The molecule has 0 bridgehead atoms. The summed E-state index contributed by atoms with van der Waals surface area (Å²) in [7, 11) is 0. The van der Waals surface area contributed by atoms with E-state index in [9.17, 15) is 0 Å². The summed E-state index contributed by atoms with van der Waals surface area (Å²) in [4.78, 5) is 4.53. The van der Waals surface area contributed by atoms with Gasteiger partial charge in [0.15, 0.2) is 5.58 Å². The number of hydrogen-bond acceptors (Lipinski definition) is 4. The molecule has 0 saturated heterocycles. The van der Waals surface area contributed by atoms with Gasteiger partial charge in [-0.2, -0.15) is 0 Å². The Labute approximate surface area is 301 Å². The number of nitrogens with zero attached hydrogens (tertiary/aromatic N) is 2. The summed E-state index contributed by atoms with van der Waals surface area (Å²) in [6, 6.07) is 67.7. The van der Waals surface area contributed by atoms with E-state index >= 15 is 0 Å². The van der Waals surface area contributed by atoms with E-state index in [-0.39, 0.29) is 0 Å². The Hall–Kier alpha value is -7.04. The first-order chi connectivity index (χ1) is 25.8. The van der Waals surface area contributed by atoms with Crippen molar-refractivity contribution in [1.82, 2.24) is 0 Å². The second kappa shape index (κ2) is 12.4. The maximum Gasteiger partial charge on any atom is 0.159 e. The van der Waals surface area contributed by atoms with Crippen LogP contribution in [0.5, 0.6) is 0 Å². The number of furan rings is 2. The van der Waals surface area contributed by atoms with Gasteiger partial charge in [-0.3, -0.25) is 0 Å². The number of fused-ring (bicyclic) bond motifs is 6. The maximum atomic E-state index is 6.89. The predicted octanol–water partition coefficient (Wildman–Crippen LogP) is 14.1. The normalized spacial score (nSPS) is 11.5.